The second-order valence-electron chi connectivity index (χ2n) is 5.75. The molecule has 0 fully saturated rings. The van der Waals surface area contributed by atoms with Crippen LogP contribution in [0.4, 0.5) is 0 Å². The Hall–Kier alpha value is -1.18. The van der Waals surface area contributed by atoms with Crippen molar-refractivity contribution in [3.63, 3.8) is 0 Å². The van der Waals surface area contributed by atoms with Crippen molar-refractivity contribution in [2.75, 3.05) is 18.5 Å². The molecule has 0 aromatic heterocycles. The average Bonchev–Trinajstić information content (AvgIpc) is 2.82. The number of Topliss-reactive ketones (excluding diaryl/α,β-unsaturated/α-hetero) is 2. The molecule has 4 nitrogen and oxygen atoms in total. The van der Waals surface area contributed by atoms with E-state index in [0.29, 0.717) is 42.3 Å². The van der Waals surface area contributed by atoms with Gasteiger partial charge >= 0.3 is 0 Å². The Balaban J connectivity index is 0.000000194. The van der Waals surface area contributed by atoms with Crippen molar-refractivity contribution in [2.45, 2.75) is 19.8 Å². The summed E-state index contributed by atoms with van der Waals surface area (Å²) in [4.78, 5) is 22.8. The number of hydrogen-bond donors (Lipinski definition) is 0. The van der Waals surface area contributed by atoms with Crippen LogP contribution in [0.2, 0.25) is 0 Å². The highest BCUT2D eigenvalue weighted by molar-refractivity contribution is 9.10. The average molecular weight is 563 g/mol. The monoisotopic (exact) mass is 560 g/mol. The number of ether oxygens (including phenoxy) is 2. The second-order valence-corrected chi connectivity index (χ2v) is 8.37. The summed E-state index contributed by atoms with van der Waals surface area (Å²) in [5, 5.41) is 0.750. The van der Waals surface area contributed by atoms with E-state index in [1.807, 2.05) is 24.3 Å². The molecule has 7 heteroatoms. The van der Waals surface area contributed by atoms with E-state index in [1.54, 1.807) is 12.1 Å². The van der Waals surface area contributed by atoms with Gasteiger partial charge in [-0.05, 0) is 49.7 Å². The van der Waals surface area contributed by atoms with Gasteiger partial charge in [-0.3, -0.25) is 9.59 Å². The van der Waals surface area contributed by atoms with E-state index in [9.17, 15) is 9.59 Å². The Bertz CT molecular complexity index is 821. The fourth-order valence-corrected chi connectivity index (χ4v) is 3.33. The molecule has 1 heterocycles. The molecule has 0 amide bonds. The number of rotatable bonds is 4. The van der Waals surface area contributed by atoms with E-state index < -0.39 is 0 Å². The highest BCUT2D eigenvalue weighted by Gasteiger charge is 2.16. The molecule has 0 atom stereocenters. The van der Waals surface area contributed by atoms with Crippen LogP contribution in [-0.2, 0) is 0 Å². The number of ketones is 2. The quantitative estimate of drug-likeness (QED) is 0.327. The zero-order chi connectivity index (χ0) is 19.8. The fraction of sp³-hybridized carbons (Fsp3) is 0.300. The van der Waals surface area contributed by atoms with Crippen LogP contribution in [0.15, 0.2) is 45.3 Å². The van der Waals surface area contributed by atoms with Crippen molar-refractivity contribution in [3.05, 3.63) is 56.5 Å². The van der Waals surface area contributed by atoms with Crippen molar-refractivity contribution < 1.29 is 19.1 Å². The first kappa shape index (κ1) is 22.1. The topological polar surface area (TPSA) is 52.6 Å². The first-order valence-electron chi connectivity index (χ1n) is 8.37. The van der Waals surface area contributed by atoms with Crippen LogP contribution in [0.25, 0.3) is 0 Å². The van der Waals surface area contributed by atoms with Gasteiger partial charge in [0, 0.05) is 20.7 Å². The molecule has 0 saturated heterocycles. The summed E-state index contributed by atoms with van der Waals surface area (Å²) < 4.78 is 12.7. The van der Waals surface area contributed by atoms with Gasteiger partial charge in [0.1, 0.15) is 11.5 Å². The van der Waals surface area contributed by atoms with E-state index in [4.69, 9.17) is 9.47 Å². The predicted octanol–water partition coefficient (Wildman–Crippen LogP) is 6.23. The summed E-state index contributed by atoms with van der Waals surface area (Å²) in [6.07, 6.45) is 1.40. The highest BCUT2D eigenvalue weighted by atomic mass is 79.9. The van der Waals surface area contributed by atoms with Crippen molar-refractivity contribution in [2.24, 2.45) is 0 Å². The van der Waals surface area contributed by atoms with E-state index in [0.717, 1.165) is 20.7 Å². The standard InChI is InChI=1S/C10H10Br2O2.C10H9BrO2/c1-7(13)9-6-8(12)2-3-10(9)14-5-4-11;11-7-3-4-10-8(6-7)9(12)2-1-5-13-10/h2-3,6H,4-5H2,1H3;3-4,6H,1-2,5H2. The van der Waals surface area contributed by atoms with E-state index in [2.05, 4.69) is 47.8 Å². The van der Waals surface area contributed by atoms with Gasteiger partial charge in [-0.25, -0.2) is 0 Å². The van der Waals surface area contributed by atoms with Crippen LogP contribution in [-0.4, -0.2) is 30.1 Å². The largest absolute Gasteiger partial charge is 0.493 e. The number of hydrogen-bond acceptors (Lipinski definition) is 4. The molecule has 0 aliphatic carbocycles. The van der Waals surface area contributed by atoms with Gasteiger partial charge in [-0.2, -0.15) is 0 Å². The predicted molar refractivity (Wildman–Crippen MR) is 117 cm³/mol. The van der Waals surface area contributed by atoms with E-state index in [1.165, 1.54) is 6.92 Å². The number of fused-ring (bicyclic) bond motifs is 1. The van der Waals surface area contributed by atoms with E-state index in [-0.39, 0.29) is 11.6 Å². The number of alkyl halides is 1. The molecule has 1 aliphatic rings. The molecular formula is C20H19Br3O4. The molecule has 0 spiro atoms. The lowest BCUT2D eigenvalue weighted by Crippen LogP contribution is -2.03. The first-order chi connectivity index (χ1) is 12.9. The second kappa shape index (κ2) is 11.0. The van der Waals surface area contributed by atoms with Gasteiger partial charge in [0.25, 0.3) is 0 Å². The van der Waals surface area contributed by atoms with Gasteiger partial charge in [-0.15, -0.1) is 0 Å². The number of halogens is 3. The van der Waals surface area contributed by atoms with E-state index >= 15 is 0 Å². The summed E-state index contributed by atoms with van der Waals surface area (Å²) in [6, 6.07) is 11.0. The minimum Gasteiger partial charge on any atom is -0.493 e. The van der Waals surface area contributed by atoms with Crippen LogP contribution in [0.5, 0.6) is 11.5 Å². The minimum absolute atomic E-state index is 0.0101. The molecule has 144 valence electrons. The Kier molecular flexibility index (Phi) is 8.99. The van der Waals surface area contributed by atoms with Gasteiger partial charge in [0.2, 0.25) is 0 Å². The van der Waals surface area contributed by atoms with Crippen LogP contribution < -0.4 is 9.47 Å². The third-order valence-electron chi connectivity index (χ3n) is 3.70. The Morgan fingerprint density at radius 1 is 1.15 bits per heavy atom. The SMILES string of the molecule is CC(=O)c1cc(Br)ccc1OCCBr.O=C1CCCOc2ccc(Br)cc21. The lowest BCUT2D eigenvalue weighted by molar-refractivity contribution is 0.0980. The van der Waals surface area contributed by atoms with Crippen molar-refractivity contribution >= 4 is 59.4 Å². The molecule has 0 unspecified atom stereocenters. The zero-order valence-corrected chi connectivity index (χ0v) is 19.5. The minimum atomic E-state index is 0.0101. The normalized spacial score (nSPS) is 12.8. The number of carbonyl (C=O) groups excluding carboxylic acids is 2. The summed E-state index contributed by atoms with van der Waals surface area (Å²) >= 11 is 9.92. The third kappa shape index (κ3) is 6.73. The van der Waals surface area contributed by atoms with Crippen molar-refractivity contribution in [3.8, 4) is 11.5 Å². The number of carbonyl (C=O) groups is 2. The van der Waals surface area contributed by atoms with Gasteiger partial charge in [0.15, 0.2) is 11.6 Å². The Labute approximate surface area is 184 Å². The van der Waals surface area contributed by atoms with Crippen LogP contribution in [0, 0.1) is 0 Å². The molecule has 2 aromatic rings. The molecule has 0 radical (unpaired) electrons. The summed E-state index contributed by atoms with van der Waals surface area (Å²) in [5.74, 6) is 1.54. The van der Waals surface area contributed by atoms with Gasteiger partial charge in [0.05, 0.1) is 24.3 Å². The lowest BCUT2D eigenvalue weighted by Gasteiger charge is -2.08. The van der Waals surface area contributed by atoms with Gasteiger partial charge in [-0.1, -0.05) is 47.8 Å². The molecule has 27 heavy (non-hydrogen) atoms. The maximum Gasteiger partial charge on any atom is 0.166 e. The maximum atomic E-state index is 11.6. The molecule has 3 rings (SSSR count). The third-order valence-corrected chi connectivity index (χ3v) is 5.01. The highest BCUT2D eigenvalue weighted by Crippen LogP contribution is 2.27. The smallest absolute Gasteiger partial charge is 0.166 e. The summed E-state index contributed by atoms with van der Waals surface area (Å²) in [7, 11) is 0. The first-order valence-corrected chi connectivity index (χ1v) is 11.1. The summed E-state index contributed by atoms with van der Waals surface area (Å²) in [6.45, 7) is 2.73. The number of benzene rings is 2. The molecule has 1 aliphatic heterocycles. The Morgan fingerprint density at radius 2 is 1.85 bits per heavy atom. The summed E-state index contributed by atoms with van der Waals surface area (Å²) in [5.41, 5.74) is 1.31. The molecule has 0 N–H and O–H groups in total. The van der Waals surface area contributed by atoms with Crippen molar-refractivity contribution in [1.82, 2.24) is 0 Å². The Morgan fingerprint density at radius 3 is 2.56 bits per heavy atom. The van der Waals surface area contributed by atoms with Gasteiger partial charge < -0.3 is 9.47 Å². The fourth-order valence-electron chi connectivity index (χ4n) is 2.45. The van der Waals surface area contributed by atoms with Crippen LogP contribution >= 0.6 is 47.8 Å². The van der Waals surface area contributed by atoms with Crippen LogP contribution in [0.1, 0.15) is 40.5 Å². The molecule has 0 bridgehead atoms. The zero-order valence-electron chi connectivity index (χ0n) is 14.8. The molecule has 0 saturated carbocycles. The maximum absolute atomic E-state index is 11.6. The molecule has 2 aromatic carbocycles. The lowest BCUT2D eigenvalue weighted by atomic mass is 10.1. The van der Waals surface area contributed by atoms with Crippen LogP contribution in [0.3, 0.4) is 0 Å². The van der Waals surface area contributed by atoms with Crippen molar-refractivity contribution in [1.29, 1.82) is 0 Å². The molecular weight excluding hydrogens is 544 g/mol.